The van der Waals surface area contributed by atoms with Crippen LogP contribution in [0, 0.1) is 11.7 Å². The Morgan fingerprint density at radius 3 is 2.39 bits per heavy atom. The van der Waals surface area contributed by atoms with Crippen LogP contribution in [0.5, 0.6) is 5.75 Å². The largest absolute Gasteiger partial charge is 0.484 e. The number of ether oxygens (including phenoxy) is 1. The van der Waals surface area contributed by atoms with Gasteiger partial charge in [0.05, 0.1) is 10.5 Å². The third-order valence-corrected chi connectivity index (χ3v) is 8.05. The van der Waals surface area contributed by atoms with Crippen molar-refractivity contribution >= 4 is 34.3 Å². The van der Waals surface area contributed by atoms with Crippen LogP contribution in [0.2, 0.25) is 5.02 Å². The molecule has 5 rings (SSSR count). The van der Waals surface area contributed by atoms with E-state index in [-0.39, 0.29) is 52.1 Å². The van der Waals surface area contributed by atoms with Gasteiger partial charge in [-0.15, -0.1) is 0 Å². The molecule has 0 atom stereocenters. The van der Waals surface area contributed by atoms with Crippen LogP contribution < -0.4 is 20.8 Å². The molecule has 2 aromatic carbocycles. The monoisotopic (exact) mass is 589 g/mol. The maximum Gasteiger partial charge on any atom is 0.270 e. The molecular formula is C30H31ClF3N3O4. The molecule has 2 aliphatic carbocycles. The Kier molecular flexibility index (Phi) is 8.31. The quantitative estimate of drug-likeness (QED) is 0.334. The molecule has 2 aliphatic rings. The number of carbonyl (C=O) groups is 2. The van der Waals surface area contributed by atoms with Gasteiger partial charge in [0.15, 0.2) is 6.61 Å². The van der Waals surface area contributed by atoms with Crippen LogP contribution in [-0.2, 0) is 10.7 Å². The van der Waals surface area contributed by atoms with Crippen molar-refractivity contribution < 1.29 is 27.5 Å². The van der Waals surface area contributed by atoms with Gasteiger partial charge in [-0.05, 0) is 80.8 Å². The van der Waals surface area contributed by atoms with Crippen molar-refractivity contribution in [2.24, 2.45) is 5.92 Å². The summed E-state index contributed by atoms with van der Waals surface area (Å²) in [6.45, 7) is 1.04. The van der Waals surface area contributed by atoms with Gasteiger partial charge in [0, 0.05) is 42.7 Å². The van der Waals surface area contributed by atoms with Gasteiger partial charge >= 0.3 is 0 Å². The summed E-state index contributed by atoms with van der Waals surface area (Å²) in [4.78, 5) is 38.5. The SMILES string of the molecule is CC(F)(F)c1ccc(OCC(=O)NCC2CCC(NC(=O)c3cn(C4CC4)c4cc(Cl)c(F)cc4c3=O)CC2)cc1. The van der Waals surface area contributed by atoms with E-state index in [2.05, 4.69) is 10.6 Å². The Morgan fingerprint density at radius 1 is 1.07 bits per heavy atom. The van der Waals surface area contributed by atoms with Crippen LogP contribution in [0.15, 0.2) is 47.4 Å². The summed E-state index contributed by atoms with van der Waals surface area (Å²) in [5.74, 6) is -3.89. The molecular weight excluding hydrogens is 559 g/mol. The minimum atomic E-state index is -2.94. The van der Waals surface area contributed by atoms with Crippen molar-refractivity contribution in [3.8, 4) is 5.75 Å². The lowest BCUT2D eigenvalue weighted by atomic mass is 9.86. The van der Waals surface area contributed by atoms with Crippen LogP contribution in [0.3, 0.4) is 0 Å². The van der Waals surface area contributed by atoms with Crippen molar-refractivity contribution in [3.05, 3.63) is 74.8 Å². The van der Waals surface area contributed by atoms with E-state index < -0.39 is 23.1 Å². The van der Waals surface area contributed by atoms with E-state index in [4.69, 9.17) is 16.3 Å². The lowest BCUT2D eigenvalue weighted by molar-refractivity contribution is -0.123. The first-order valence-electron chi connectivity index (χ1n) is 13.7. The van der Waals surface area contributed by atoms with E-state index in [0.717, 1.165) is 38.7 Å². The lowest BCUT2D eigenvalue weighted by Crippen LogP contribution is -2.41. The van der Waals surface area contributed by atoms with Gasteiger partial charge in [-0.3, -0.25) is 14.4 Å². The second-order valence-electron chi connectivity index (χ2n) is 11.0. The minimum absolute atomic E-state index is 0.0152. The van der Waals surface area contributed by atoms with E-state index in [1.165, 1.54) is 30.3 Å². The number of pyridine rings is 1. The van der Waals surface area contributed by atoms with Crippen molar-refractivity contribution in [2.75, 3.05) is 13.2 Å². The average Bonchev–Trinajstić information content (AvgIpc) is 3.78. The van der Waals surface area contributed by atoms with E-state index in [1.54, 1.807) is 6.20 Å². The molecule has 0 aliphatic heterocycles. The second-order valence-corrected chi connectivity index (χ2v) is 11.4. The summed E-state index contributed by atoms with van der Waals surface area (Å²) in [6, 6.07) is 7.91. The fourth-order valence-corrected chi connectivity index (χ4v) is 5.39. The minimum Gasteiger partial charge on any atom is -0.484 e. The van der Waals surface area contributed by atoms with Gasteiger partial charge in [-0.2, -0.15) is 0 Å². The molecule has 0 bridgehead atoms. The molecule has 1 aromatic heterocycles. The first-order chi connectivity index (χ1) is 19.5. The van der Waals surface area contributed by atoms with Gasteiger partial charge in [-0.25, -0.2) is 13.2 Å². The summed E-state index contributed by atoms with van der Waals surface area (Å²) in [6.07, 6.45) is 6.29. The van der Waals surface area contributed by atoms with E-state index in [1.807, 2.05) is 4.57 Å². The number of alkyl halides is 2. The molecule has 2 saturated carbocycles. The number of carbonyl (C=O) groups excluding carboxylic acids is 2. The average molecular weight is 590 g/mol. The first-order valence-corrected chi connectivity index (χ1v) is 14.1. The third kappa shape index (κ3) is 6.86. The molecule has 11 heteroatoms. The highest BCUT2D eigenvalue weighted by Gasteiger charge is 2.29. The number of rotatable bonds is 9. The highest BCUT2D eigenvalue weighted by Crippen LogP contribution is 2.37. The molecule has 2 amide bonds. The number of amides is 2. The van der Waals surface area contributed by atoms with Gasteiger partial charge in [0.1, 0.15) is 17.1 Å². The molecule has 218 valence electrons. The Morgan fingerprint density at radius 2 is 1.76 bits per heavy atom. The molecule has 2 N–H and O–H groups in total. The zero-order valence-electron chi connectivity index (χ0n) is 22.5. The Hall–Kier alpha value is -3.53. The van der Waals surface area contributed by atoms with Gasteiger partial charge in [-0.1, -0.05) is 11.6 Å². The van der Waals surface area contributed by atoms with Crippen molar-refractivity contribution in [1.29, 1.82) is 0 Å². The maximum absolute atomic E-state index is 14.2. The number of benzene rings is 2. The molecule has 1 heterocycles. The third-order valence-electron chi connectivity index (χ3n) is 7.76. The van der Waals surface area contributed by atoms with Gasteiger partial charge in [0.2, 0.25) is 5.43 Å². The summed E-state index contributed by atoms with van der Waals surface area (Å²) in [5.41, 5.74) is -0.150. The fourth-order valence-electron chi connectivity index (χ4n) is 5.24. The molecule has 3 aromatic rings. The number of halogens is 4. The Bertz CT molecular complexity index is 1510. The van der Waals surface area contributed by atoms with Crippen LogP contribution in [0.1, 0.15) is 67.4 Å². The van der Waals surface area contributed by atoms with Crippen LogP contribution >= 0.6 is 11.6 Å². The highest BCUT2D eigenvalue weighted by atomic mass is 35.5. The number of aromatic nitrogens is 1. The van der Waals surface area contributed by atoms with E-state index in [9.17, 15) is 27.6 Å². The molecule has 0 radical (unpaired) electrons. The first kappa shape index (κ1) is 29.0. The molecule has 0 spiro atoms. The summed E-state index contributed by atoms with van der Waals surface area (Å²) < 4.78 is 48.0. The topological polar surface area (TPSA) is 89.4 Å². The smallest absolute Gasteiger partial charge is 0.270 e. The summed E-state index contributed by atoms with van der Waals surface area (Å²) in [7, 11) is 0. The van der Waals surface area contributed by atoms with Gasteiger partial charge < -0.3 is 19.9 Å². The van der Waals surface area contributed by atoms with Crippen LogP contribution in [0.4, 0.5) is 13.2 Å². The van der Waals surface area contributed by atoms with Crippen molar-refractivity contribution in [2.45, 2.75) is 63.5 Å². The lowest BCUT2D eigenvalue weighted by Gasteiger charge is -2.29. The van der Waals surface area contributed by atoms with Crippen LogP contribution in [-0.4, -0.2) is 35.6 Å². The summed E-state index contributed by atoms with van der Waals surface area (Å²) >= 11 is 5.96. The Labute approximate surface area is 240 Å². The van der Waals surface area contributed by atoms with E-state index >= 15 is 0 Å². The maximum atomic E-state index is 14.2. The number of hydrogen-bond acceptors (Lipinski definition) is 4. The molecule has 0 saturated heterocycles. The van der Waals surface area contributed by atoms with Crippen molar-refractivity contribution in [1.82, 2.24) is 15.2 Å². The van der Waals surface area contributed by atoms with Crippen LogP contribution in [0.25, 0.3) is 10.9 Å². The molecule has 2 fully saturated rings. The standard InChI is InChI=1S/C30H31ClF3N3O4/c1-30(33,34)18-4-10-21(11-5-18)41-16-27(38)35-14-17-2-6-19(7-3-17)36-29(40)23-15-37(20-8-9-20)26-13-24(31)25(32)12-22(26)28(23)39/h4-5,10-13,15,17,19-20H,2-3,6-9,14,16H2,1H3,(H,35,38)(H,36,40). The number of nitrogens with one attached hydrogen (secondary N) is 2. The normalized spacial score (nSPS) is 19.1. The summed E-state index contributed by atoms with van der Waals surface area (Å²) in [5, 5.41) is 5.87. The zero-order valence-corrected chi connectivity index (χ0v) is 23.3. The molecule has 7 nitrogen and oxygen atoms in total. The fraction of sp³-hybridized carbons (Fsp3) is 0.433. The molecule has 0 unspecified atom stereocenters. The second kappa shape index (κ2) is 11.8. The Balaban J connectivity index is 1.10. The molecule has 41 heavy (non-hydrogen) atoms. The van der Waals surface area contributed by atoms with Gasteiger partial charge in [0.25, 0.3) is 17.7 Å². The van der Waals surface area contributed by atoms with E-state index in [0.29, 0.717) is 30.7 Å². The number of fused-ring (bicyclic) bond motifs is 1. The predicted octanol–water partition coefficient (Wildman–Crippen LogP) is 5.72. The highest BCUT2D eigenvalue weighted by molar-refractivity contribution is 6.31. The zero-order chi connectivity index (χ0) is 29.3. The number of hydrogen-bond donors (Lipinski definition) is 2. The predicted molar refractivity (Wildman–Crippen MR) is 149 cm³/mol. The number of nitrogens with zero attached hydrogens (tertiary/aromatic N) is 1. The van der Waals surface area contributed by atoms with Crippen molar-refractivity contribution in [3.63, 3.8) is 0 Å².